The van der Waals surface area contributed by atoms with Crippen molar-refractivity contribution >= 4 is 5.96 Å². The number of nitrogens with one attached hydrogen (secondary N) is 2. The van der Waals surface area contributed by atoms with Crippen molar-refractivity contribution in [2.45, 2.75) is 51.3 Å². The van der Waals surface area contributed by atoms with Gasteiger partial charge in [-0.1, -0.05) is 18.2 Å². The lowest BCUT2D eigenvalue weighted by atomic mass is 9.93. The number of aliphatic hydroxyl groups excluding tert-OH is 1. The molecule has 0 bridgehead atoms. The van der Waals surface area contributed by atoms with Crippen LogP contribution >= 0.6 is 0 Å². The molecule has 5 heteroatoms. The molecule has 1 aliphatic rings. The number of ether oxygens (including phenoxy) is 1. The molecular formula is C17H27N3O2. The highest BCUT2D eigenvalue weighted by Gasteiger charge is 2.19. The minimum absolute atomic E-state index is 0.133. The summed E-state index contributed by atoms with van der Waals surface area (Å²) in [6.07, 6.45) is 3.57. The van der Waals surface area contributed by atoms with Crippen LogP contribution in [0.4, 0.5) is 0 Å². The Labute approximate surface area is 132 Å². The van der Waals surface area contributed by atoms with Gasteiger partial charge < -0.3 is 20.5 Å². The van der Waals surface area contributed by atoms with Gasteiger partial charge in [0, 0.05) is 18.2 Å². The van der Waals surface area contributed by atoms with E-state index in [0.717, 1.165) is 49.5 Å². The number of hydrogen-bond acceptors (Lipinski definition) is 3. The third kappa shape index (κ3) is 4.91. The van der Waals surface area contributed by atoms with Crippen molar-refractivity contribution in [3.63, 3.8) is 0 Å². The number of rotatable bonds is 5. The normalized spacial score (nSPS) is 22.2. The molecule has 1 fully saturated rings. The van der Waals surface area contributed by atoms with E-state index < -0.39 is 0 Å². The maximum atomic E-state index is 9.59. The van der Waals surface area contributed by atoms with Crippen LogP contribution in [-0.2, 0) is 6.54 Å². The molecule has 1 aliphatic carbocycles. The highest BCUT2D eigenvalue weighted by Crippen LogP contribution is 2.19. The van der Waals surface area contributed by atoms with Crippen LogP contribution in [0.25, 0.3) is 0 Å². The van der Waals surface area contributed by atoms with Crippen molar-refractivity contribution in [3.05, 3.63) is 29.8 Å². The van der Waals surface area contributed by atoms with E-state index in [1.165, 1.54) is 0 Å². The standard InChI is InChI=1S/C17H27N3O2/c1-3-18-17(20-14-8-10-15(21)11-9-14)19-12-13-6-4-5-7-16(13)22-2/h4-7,14-15,21H,3,8-12H2,1-2H3,(H2,18,19,20). The Morgan fingerprint density at radius 3 is 2.68 bits per heavy atom. The minimum Gasteiger partial charge on any atom is -0.496 e. The Hall–Kier alpha value is -1.75. The Morgan fingerprint density at radius 2 is 2.00 bits per heavy atom. The van der Waals surface area contributed by atoms with E-state index >= 15 is 0 Å². The van der Waals surface area contributed by atoms with Gasteiger partial charge in [-0.05, 0) is 38.7 Å². The molecule has 5 nitrogen and oxygen atoms in total. The molecule has 0 heterocycles. The van der Waals surface area contributed by atoms with Crippen molar-refractivity contribution in [2.24, 2.45) is 4.99 Å². The number of guanidine groups is 1. The van der Waals surface area contributed by atoms with Gasteiger partial charge in [0.05, 0.1) is 19.8 Å². The SMILES string of the molecule is CCNC(=NCc1ccccc1OC)NC1CCC(O)CC1. The second kappa shape index (κ2) is 8.63. The van der Waals surface area contributed by atoms with Crippen LogP contribution in [0.15, 0.2) is 29.3 Å². The molecule has 1 aromatic carbocycles. The van der Waals surface area contributed by atoms with Crippen LogP contribution in [0.5, 0.6) is 5.75 Å². The zero-order valence-corrected chi connectivity index (χ0v) is 13.5. The predicted molar refractivity (Wildman–Crippen MR) is 89.2 cm³/mol. The molecule has 0 unspecified atom stereocenters. The first-order valence-electron chi connectivity index (χ1n) is 8.07. The quantitative estimate of drug-likeness (QED) is 0.575. The summed E-state index contributed by atoms with van der Waals surface area (Å²) in [5.74, 6) is 1.69. The fourth-order valence-electron chi connectivity index (χ4n) is 2.73. The molecule has 0 radical (unpaired) electrons. The average molecular weight is 305 g/mol. The maximum Gasteiger partial charge on any atom is 0.191 e. The Bertz CT molecular complexity index is 483. The topological polar surface area (TPSA) is 65.9 Å². The minimum atomic E-state index is -0.133. The molecule has 0 atom stereocenters. The lowest BCUT2D eigenvalue weighted by Gasteiger charge is -2.27. The van der Waals surface area contributed by atoms with E-state index in [1.807, 2.05) is 24.3 Å². The summed E-state index contributed by atoms with van der Waals surface area (Å²) in [5.41, 5.74) is 1.07. The van der Waals surface area contributed by atoms with Crippen LogP contribution in [-0.4, -0.2) is 36.9 Å². The van der Waals surface area contributed by atoms with Gasteiger partial charge >= 0.3 is 0 Å². The first kappa shape index (κ1) is 16.6. The second-order valence-electron chi connectivity index (χ2n) is 5.66. The number of benzene rings is 1. The number of aliphatic hydroxyl groups is 1. The maximum absolute atomic E-state index is 9.59. The van der Waals surface area contributed by atoms with Crippen molar-refractivity contribution < 1.29 is 9.84 Å². The number of para-hydroxylation sites is 1. The lowest BCUT2D eigenvalue weighted by molar-refractivity contribution is 0.120. The zero-order chi connectivity index (χ0) is 15.8. The fraction of sp³-hybridized carbons (Fsp3) is 0.588. The molecule has 0 saturated heterocycles. The smallest absolute Gasteiger partial charge is 0.191 e. The van der Waals surface area contributed by atoms with Gasteiger partial charge in [0.1, 0.15) is 5.75 Å². The first-order chi connectivity index (χ1) is 10.7. The molecule has 0 aromatic heterocycles. The first-order valence-corrected chi connectivity index (χ1v) is 8.07. The fourth-order valence-corrected chi connectivity index (χ4v) is 2.73. The van der Waals surface area contributed by atoms with Gasteiger partial charge in [-0.25, -0.2) is 4.99 Å². The van der Waals surface area contributed by atoms with E-state index in [-0.39, 0.29) is 6.10 Å². The zero-order valence-electron chi connectivity index (χ0n) is 13.5. The van der Waals surface area contributed by atoms with Gasteiger partial charge in [0.2, 0.25) is 0 Å². The van der Waals surface area contributed by atoms with E-state index in [2.05, 4.69) is 22.5 Å². The van der Waals surface area contributed by atoms with Crippen LogP contribution in [0, 0.1) is 0 Å². The summed E-state index contributed by atoms with van der Waals surface area (Å²) in [4.78, 5) is 4.66. The lowest BCUT2D eigenvalue weighted by Crippen LogP contribution is -2.45. The largest absolute Gasteiger partial charge is 0.496 e. The number of aliphatic imine (C=N–C) groups is 1. The van der Waals surface area contributed by atoms with Crippen molar-refractivity contribution in [3.8, 4) is 5.75 Å². The summed E-state index contributed by atoms with van der Waals surface area (Å²) < 4.78 is 5.36. The molecule has 0 spiro atoms. The van der Waals surface area contributed by atoms with Crippen LogP contribution in [0.3, 0.4) is 0 Å². The summed E-state index contributed by atoms with van der Waals surface area (Å²) >= 11 is 0. The summed E-state index contributed by atoms with van der Waals surface area (Å²) in [5, 5.41) is 16.3. The van der Waals surface area contributed by atoms with Crippen LogP contribution in [0.1, 0.15) is 38.2 Å². The summed E-state index contributed by atoms with van der Waals surface area (Å²) in [6, 6.07) is 8.33. The van der Waals surface area contributed by atoms with Crippen LogP contribution < -0.4 is 15.4 Å². The van der Waals surface area contributed by atoms with Crippen molar-refractivity contribution in [1.82, 2.24) is 10.6 Å². The van der Waals surface area contributed by atoms with Crippen molar-refractivity contribution in [1.29, 1.82) is 0 Å². The highest BCUT2D eigenvalue weighted by molar-refractivity contribution is 5.80. The second-order valence-corrected chi connectivity index (χ2v) is 5.66. The average Bonchev–Trinajstić information content (AvgIpc) is 2.55. The number of methoxy groups -OCH3 is 1. The van der Waals surface area contributed by atoms with Gasteiger partial charge in [-0.2, -0.15) is 0 Å². The van der Waals surface area contributed by atoms with Gasteiger partial charge in [-0.15, -0.1) is 0 Å². The molecule has 2 rings (SSSR count). The predicted octanol–water partition coefficient (Wildman–Crippen LogP) is 2.05. The molecule has 1 aromatic rings. The molecule has 3 N–H and O–H groups in total. The summed E-state index contributed by atoms with van der Waals surface area (Å²) in [6.45, 7) is 3.46. The number of hydrogen-bond donors (Lipinski definition) is 3. The summed E-state index contributed by atoms with van der Waals surface area (Å²) in [7, 11) is 1.68. The Kier molecular flexibility index (Phi) is 6.52. The molecule has 0 aliphatic heterocycles. The molecular weight excluding hydrogens is 278 g/mol. The number of nitrogens with zero attached hydrogens (tertiary/aromatic N) is 1. The van der Waals surface area contributed by atoms with E-state index in [9.17, 15) is 5.11 Å². The molecule has 122 valence electrons. The molecule has 1 saturated carbocycles. The van der Waals surface area contributed by atoms with Gasteiger partial charge in [0.15, 0.2) is 5.96 Å². The monoisotopic (exact) mass is 305 g/mol. The highest BCUT2D eigenvalue weighted by atomic mass is 16.5. The van der Waals surface area contributed by atoms with Crippen LogP contribution in [0.2, 0.25) is 0 Å². The Morgan fingerprint density at radius 1 is 1.27 bits per heavy atom. The Balaban J connectivity index is 1.97. The van der Waals surface area contributed by atoms with Gasteiger partial charge in [0.25, 0.3) is 0 Å². The van der Waals surface area contributed by atoms with Gasteiger partial charge in [-0.3, -0.25) is 0 Å². The van der Waals surface area contributed by atoms with E-state index in [0.29, 0.717) is 12.6 Å². The van der Waals surface area contributed by atoms with E-state index in [1.54, 1.807) is 7.11 Å². The third-order valence-electron chi connectivity index (χ3n) is 3.98. The molecule has 0 amide bonds. The van der Waals surface area contributed by atoms with Crippen molar-refractivity contribution in [2.75, 3.05) is 13.7 Å². The third-order valence-corrected chi connectivity index (χ3v) is 3.98. The molecule has 22 heavy (non-hydrogen) atoms. The van der Waals surface area contributed by atoms with E-state index in [4.69, 9.17) is 4.74 Å².